The number of carbonyl (C=O) groups excluding carboxylic acids is 1. The number of aromatic nitrogens is 1. The maximum absolute atomic E-state index is 13.3. The molecule has 2 aliphatic heterocycles. The molecule has 1 aromatic heterocycles. The first-order chi connectivity index (χ1) is 17.1. The molecule has 0 saturated carbocycles. The largest absolute Gasteiger partial charge is 0.434 e. The maximum Gasteiger partial charge on any atom is 0.411 e. The van der Waals surface area contributed by atoms with Gasteiger partial charge in [0.15, 0.2) is 5.60 Å². The predicted molar refractivity (Wildman–Crippen MR) is 141 cm³/mol. The number of aryl methyl sites for hydroxylation is 1. The van der Waals surface area contributed by atoms with Crippen LogP contribution in [0.4, 0.5) is 4.79 Å². The molecule has 3 rings (SSSR count). The number of amides is 1. The molecule has 0 spiro atoms. The second-order valence-electron chi connectivity index (χ2n) is 9.65. The van der Waals surface area contributed by atoms with Crippen LogP contribution in [0.25, 0.3) is 0 Å². The Kier molecular flexibility index (Phi) is 11.5. The summed E-state index contributed by atoms with van der Waals surface area (Å²) >= 11 is 0. The number of hydrogen-bond acceptors (Lipinski definition) is 5. The number of pyridine rings is 1. The summed E-state index contributed by atoms with van der Waals surface area (Å²) in [5, 5.41) is 0. The average Bonchev–Trinajstić information content (AvgIpc) is 2.86. The first-order valence-corrected chi connectivity index (χ1v) is 13.2. The molecule has 1 saturated heterocycles. The summed E-state index contributed by atoms with van der Waals surface area (Å²) in [5.41, 5.74) is 1.42. The predicted octanol–water partition coefficient (Wildman–Crippen LogP) is 5.57. The van der Waals surface area contributed by atoms with Crippen LogP contribution in [0.2, 0.25) is 0 Å². The molecule has 3 heterocycles. The Balaban J connectivity index is 1.74. The second kappa shape index (κ2) is 14.8. The molecule has 0 radical (unpaired) electrons. The minimum absolute atomic E-state index is 0.210. The van der Waals surface area contributed by atoms with E-state index >= 15 is 0 Å². The minimum atomic E-state index is -0.731. The lowest BCUT2D eigenvalue weighted by Gasteiger charge is -2.37. The van der Waals surface area contributed by atoms with E-state index in [-0.39, 0.29) is 6.09 Å². The third-order valence-corrected chi connectivity index (χ3v) is 6.88. The van der Waals surface area contributed by atoms with Gasteiger partial charge in [-0.2, -0.15) is 0 Å². The van der Waals surface area contributed by atoms with Gasteiger partial charge in [0.2, 0.25) is 0 Å². The highest BCUT2D eigenvalue weighted by atomic mass is 16.6. The first kappa shape index (κ1) is 27.2. The molecule has 1 atom stereocenters. The van der Waals surface area contributed by atoms with Crippen LogP contribution in [0.1, 0.15) is 57.6 Å². The van der Waals surface area contributed by atoms with Gasteiger partial charge < -0.3 is 19.3 Å². The molecule has 192 valence electrons. The Bertz CT molecular complexity index is 844. The highest BCUT2D eigenvalue weighted by molar-refractivity contribution is 5.69. The number of likely N-dealkylation sites (N-methyl/N-ethyl adjacent to an activating group) is 1. The smallest absolute Gasteiger partial charge is 0.411 e. The van der Waals surface area contributed by atoms with E-state index in [1.165, 1.54) is 0 Å². The summed E-state index contributed by atoms with van der Waals surface area (Å²) in [5.74, 6) is 0. The highest BCUT2D eigenvalue weighted by Crippen LogP contribution is 2.32. The van der Waals surface area contributed by atoms with Gasteiger partial charge >= 0.3 is 6.09 Å². The van der Waals surface area contributed by atoms with E-state index in [1.54, 1.807) is 0 Å². The van der Waals surface area contributed by atoms with Crippen LogP contribution < -0.4 is 0 Å². The standard InChI is InChI=1S/C29H43N3O3/c1-26(14-6-5-7-15-27-16-8-11-19-30-27)29(35-28(33)32-22-20-31(2)21-23-32)17-9-3-4-12-24-34-25-13-10-18-29/h5-6,8,10-11,14,16,18-19H,3-4,7,9,12-13,15,17,20-25H2,1-2H3/b6-5+,18-10+,26-14+/t29-/m1/s1. The summed E-state index contributed by atoms with van der Waals surface area (Å²) < 4.78 is 12.1. The topological polar surface area (TPSA) is 54.9 Å². The van der Waals surface area contributed by atoms with Gasteiger partial charge in [-0.15, -0.1) is 0 Å². The number of carbonyl (C=O) groups is 1. The van der Waals surface area contributed by atoms with Crippen molar-refractivity contribution in [2.45, 2.75) is 63.9 Å². The van der Waals surface area contributed by atoms with E-state index in [0.717, 1.165) is 82.3 Å². The Labute approximate surface area is 211 Å². The van der Waals surface area contributed by atoms with Crippen molar-refractivity contribution in [2.75, 3.05) is 46.4 Å². The van der Waals surface area contributed by atoms with E-state index in [9.17, 15) is 4.79 Å². The van der Waals surface area contributed by atoms with Gasteiger partial charge in [-0.05, 0) is 76.3 Å². The van der Waals surface area contributed by atoms with Crippen LogP contribution in [0.5, 0.6) is 0 Å². The van der Waals surface area contributed by atoms with Crippen molar-refractivity contribution < 1.29 is 14.3 Å². The van der Waals surface area contributed by atoms with Crippen molar-refractivity contribution >= 4 is 6.09 Å². The lowest BCUT2D eigenvalue weighted by atomic mass is 9.87. The molecular formula is C29H43N3O3. The molecule has 0 aromatic carbocycles. The van der Waals surface area contributed by atoms with Crippen LogP contribution in [-0.4, -0.2) is 72.9 Å². The zero-order chi connectivity index (χ0) is 24.8. The third kappa shape index (κ3) is 9.26. The van der Waals surface area contributed by atoms with E-state index in [1.807, 2.05) is 23.2 Å². The highest BCUT2D eigenvalue weighted by Gasteiger charge is 2.35. The van der Waals surface area contributed by atoms with Crippen LogP contribution in [0.15, 0.2) is 60.3 Å². The van der Waals surface area contributed by atoms with E-state index < -0.39 is 5.60 Å². The van der Waals surface area contributed by atoms with E-state index in [2.05, 4.69) is 60.3 Å². The third-order valence-electron chi connectivity index (χ3n) is 6.88. The molecule has 0 unspecified atom stereocenters. The van der Waals surface area contributed by atoms with Crippen molar-refractivity contribution in [1.29, 1.82) is 0 Å². The summed E-state index contributed by atoms with van der Waals surface area (Å²) in [6.45, 7) is 6.80. The van der Waals surface area contributed by atoms with E-state index in [4.69, 9.17) is 9.47 Å². The number of hydrogen-bond donors (Lipinski definition) is 0. The van der Waals surface area contributed by atoms with Crippen molar-refractivity contribution in [3.05, 3.63) is 66.0 Å². The van der Waals surface area contributed by atoms with Gasteiger partial charge in [-0.3, -0.25) is 4.98 Å². The quantitative estimate of drug-likeness (QED) is 0.393. The van der Waals surface area contributed by atoms with Gasteiger partial charge in [0.25, 0.3) is 0 Å². The number of nitrogens with zero attached hydrogens (tertiary/aromatic N) is 3. The first-order valence-electron chi connectivity index (χ1n) is 13.2. The van der Waals surface area contributed by atoms with Gasteiger partial charge in [-0.25, -0.2) is 4.79 Å². The Morgan fingerprint density at radius 1 is 1.14 bits per heavy atom. The van der Waals surface area contributed by atoms with Crippen molar-refractivity contribution in [1.82, 2.24) is 14.8 Å². The lowest BCUT2D eigenvalue weighted by Crippen LogP contribution is -2.49. The Morgan fingerprint density at radius 2 is 1.97 bits per heavy atom. The minimum Gasteiger partial charge on any atom is -0.434 e. The van der Waals surface area contributed by atoms with Crippen molar-refractivity contribution in [2.24, 2.45) is 0 Å². The second-order valence-corrected chi connectivity index (χ2v) is 9.65. The van der Waals surface area contributed by atoms with Gasteiger partial charge in [-0.1, -0.05) is 43.2 Å². The molecule has 6 nitrogen and oxygen atoms in total. The van der Waals surface area contributed by atoms with Crippen molar-refractivity contribution in [3.8, 4) is 0 Å². The molecule has 2 aliphatic rings. The fourth-order valence-electron chi connectivity index (χ4n) is 4.49. The molecule has 35 heavy (non-hydrogen) atoms. The summed E-state index contributed by atoms with van der Waals surface area (Å²) in [4.78, 5) is 21.8. The molecule has 1 fully saturated rings. The number of piperazine rings is 1. The fourth-order valence-corrected chi connectivity index (χ4v) is 4.49. The molecular weight excluding hydrogens is 438 g/mol. The summed E-state index contributed by atoms with van der Waals surface area (Å²) in [6.07, 6.45) is 20.0. The van der Waals surface area contributed by atoms with Gasteiger partial charge in [0.05, 0.1) is 6.61 Å². The van der Waals surface area contributed by atoms with Crippen LogP contribution in [0, 0.1) is 0 Å². The summed E-state index contributed by atoms with van der Waals surface area (Å²) in [6, 6.07) is 6.02. The number of ether oxygens (including phenoxy) is 2. The van der Waals surface area contributed by atoms with E-state index in [0.29, 0.717) is 19.7 Å². The van der Waals surface area contributed by atoms with Gasteiger partial charge in [0.1, 0.15) is 0 Å². The zero-order valence-corrected chi connectivity index (χ0v) is 21.7. The van der Waals surface area contributed by atoms with Crippen LogP contribution in [0.3, 0.4) is 0 Å². The molecule has 6 heteroatoms. The maximum atomic E-state index is 13.3. The molecule has 1 aromatic rings. The van der Waals surface area contributed by atoms with Gasteiger partial charge in [0, 0.05) is 44.7 Å². The monoisotopic (exact) mass is 481 g/mol. The number of allylic oxidation sites excluding steroid dienone is 3. The van der Waals surface area contributed by atoms with Crippen LogP contribution >= 0.6 is 0 Å². The number of rotatable bonds is 6. The molecule has 0 aliphatic carbocycles. The lowest BCUT2D eigenvalue weighted by molar-refractivity contribution is 0.0245. The fraction of sp³-hybridized carbons (Fsp3) is 0.586. The zero-order valence-electron chi connectivity index (χ0n) is 21.7. The summed E-state index contributed by atoms with van der Waals surface area (Å²) in [7, 11) is 2.09. The molecule has 0 N–H and O–H groups in total. The average molecular weight is 482 g/mol. The Hall–Kier alpha value is -2.44. The molecule has 0 bridgehead atoms. The normalized spacial score (nSPS) is 24.5. The SMILES string of the molecule is C/C(=C\C=C\CCc1ccccn1)[C@]1(OC(=O)N2CCN(C)CC2)/C=C/CCOCCCCCC1. The Morgan fingerprint density at radius 3 is 2.77 bits per heavy atom. The van der Waals surface area contributed by atoms with Crippen molar-refractivity contribution in [3.63, 3.8) is 0 Å². The van der Waals surface area contributed by atoms with Crippen LogP contribution in [-0.2, 0) is 15.9 Å². The molecule has 1 amide bonds.